The Morgan fingerprint density at radius 3 is 2.82 bits per heavy atom. The lowest BCUT2D eigenvalue weighted by atomic mass is 10.1. The highest BCUT2D eigenvalue weighted by Crippen LogP contribution is 2.45. The van der Waals surface area contributed by atoms with E-state index in [-0.39, 0.29) is 0 Å². The fourth-order valence-electron chi connectivity index (χ4n) is 2.31. The zero-order chi connectivity index (χ0) is 12.3. The van der Waals surface area contributed by atoms with Crippen LogP contribution in [0.1, 0.15) is 57.7 Å². The van der Waals surface area contributed by atoms with Crippen molar-refractivity contribution < 1.29 is 4.52 Å². The molecule has 1 aromatic heterocycles. The quantitative estimate of drug-likeness (QED) is 0.791. The van der Waals surface area contributed by atoms with Crippen molar-refractivity contribution in [1.29, 1.82) is 0 Å². The number of hydrogen-bond donors (Lipinski definition) is 1. The Morgan fingerprint density at radius 1 is 1.47 bits per heavy atom. The number of rotatable bonds is 7. The zero-order valence-electron chi connectivity index (χ0n) is 11.1. The Morgan fingerprint density at radius 2 is 2.24 bits per heavy atom. The van der Waals surface area contributed by atoms with Crippen molar-refractivity contribution in [3.8, 4) is 0 Å². The first-order valence-electron chi connectivity index (χ1n) is 6.80. The zero-order valence-corrected chi connectivity index (χ0v) is 11.1. The summed E-state index contributed by atoms with van der Waals surface area (Å²) in [5.41, 5.74) is 0. The summed E-state index contributed by atoms with van der Waals surface area (Å²) >= 11 is 0. The highest BCUT2D eigenvalue weighted by atomic mass is 16.5. The second kappa shape index (κ2) is 5.63. The van der Waals surface area contributed by atoms with E-state index in [2.05, 4.69) is 36.2 Å². The first kappa shape index (κ1) is 12.6. The van der Waals surface area contributed by atoms with Gasteiger partial charge in [-0.15, -0.1) is 0 Å². The van der Waals surface area contributed by atoms with Crippen molar-refractivity contribution in [2.75, 3.05) is 6.54 Å². The predicted molar refractivity (Wildman–Crippen MR) is 66.9 cm³/mol. The molecule has 1 aliphatic rings. The molecule has 0 aromatic carbocycles. The van der Waals surface area contributed by atoms with Crippen LogP contribution in [0.15, 0.2) is 4.52 Å². The van der Waals surface area contributed by atoms with Crippen LogP contribution < -0.4 is 5.32 Å². The molecule has 4 heteroatoms. The van der Waals surface area contributed by atoms with Gasteiger partial charge in [0.15, 0.2) is 5.82 Å². The number of nitrogens with zero attached hydrogens (tertiary/aromatic N) is 2. The maximum absolute atomic E-state index is 5.34. The van der Waals surface area contributed by atoms with E-state index < -0.39 is 0 Å². The van der Waals surface area contributed by atoms with Crippen molar-refractivity contribution in [3.63, 3.8) is 0 Å². The van der Waals surface area contributed by atoms with Gasteiger partial charge in [0.1, 0.15) is 0 Å². The molecule has 0 amide bonds. The lowest BCUT2D eigenvalue weighted by Crippen LogP contribution is -2.30. The van der Waals surface area contributed by atoms with E-state index >= 15 is 0 Å². The second-order valence-corrected chi connectivity index (χ2v) is 5.11. The Kier molecular flexibility index (Phi) is 4.15. The van der Waals surface area contributed by atoms with Gasteiger partial charge in [0.25, 0.3) is 0 Å². The van der Waals surface area contributed by atoms with Crippen LogP contribution in [0, 0.1) is 5.92 Å². The summed E-state index contributed by atoms with van der Waals surface area (Å²) < 4.78 is 5.34. The summed E-state index contributed by atoms with van der Waals surface area (Å²) in [4.78, 5) is 4.51. The Balaban J connectivity index is 1.90. The number of nitrogens with one attached hydrogen (secondary N) is 1. The van der Waals surface area contributed by atoms with E-state index in [9.17, 15) is 0 Å². The van der Waals surface area contributed by atoms with Gasteiger partial charge in [-0.1, -0.05) is 32.3 Å². The maximum Gasteiger partial charge on any atom is 0.228 e. The van der Waals surface area contributed by atoms with Gasteiger partial charge in [-0.3, -0.25) is 0 Å². The lowest BCUT2D eigenvalue weighted by Gasteiger charge is -2.14. The number of aromatic nitrogens is 2. The average Bonchev–Trinajstić information content (AvgIpc) is 2.85. The van der Waals surface area contributed by atoms with Crippen molar-refractivity contribution >= 4 is 0 Å². The normalized spacial score (nSPS) is 24.9. The molecule has 0 bridgehead atoms. The highest BCUT2D eigenvalue weighted by Gasteiger charge is 2.38. The molecule has 1 aliphatic carbocycles. The van der Waals surface area contributed by atoms with Crippen LogP contribution in [0.4, 0.5) is 0 Å². The van der Waals surface area contributed by atoms with E-state index in [0.29, 0.717) is 12.0 Å². The summed E-state index contributed by atoms with van der Waals surface area (Å²) in [6, 6.07) is 0.468. The van der Waals surface area contributed by atoms with Gasteiger partial charge in [-0.2, -0.15) is 4.98 Å². The molecule has 3 unspecified atom stereocenters. The minimum Gasteiger partial charge on any atom is -0.339 e. The summed E-state index contributed by atoms with van der Waals surface area (Å²) in [5.74, 6) is 3.00. The Labute approximate surface area is 103 Å². The summed E-state index contributed by atoms with van der Waals surface area (Å²) in [7, 11) is 0. The van der Waals surface area contributed by atoms with Gasteiger partial charge in [-0.05, 0) is 25.3 Å². The molecule has 1 N–H and O–H groups in total. The van der Waals surface area contributed by atoms with Gasteiger partial charge in [0, 0.05) is 18.4 Å². The third-order valence-corrected chi connectivity index (χ3v) is 3.48. The molecule has 0 spiro atoms. The van der Waals surface area contributed by atoms with E-state index in [1.807, 2.05) is 0 Å². The van der Waals surface area contributed by atoms with Crippen LogP contribution >= 0.6 is 0 Å². The molecule has 4 nitrogen and oxygen atoms in total. The fourth-order valence-corrected chi connectivity index (χ4v) is 2.31. The summed E-state index contributed by atoms with van der Waals surface area (Å²) in [6.45, 7) is 7.56. The monoisotopic (exact) mass is 237 g/mol. The van der Waals surface area contributed by atoms with Gasteiger partial charge in [-0.25, -0.2) is 0 Å². The van der Waals surface area contributed by atoms with Crippen LogP contribution in [-0.4, -0.2) is 22.7 Å². The topological polar surface area (TPSA) is 51.0 Å². The first-order chi connectivity index (χ1) is 8.24. The predicted octanol–water partition coefficient (Wildman–Crippen LogP) is 2.51. The Hall–Kier alpha value is -0.900. The van der Waals surface area contributed by atoms with E-state index in [0.717, 1.165) is 37.0 Å². The van der Waals surface area contributed by atoms with Gasteiger partial charge < -0.3 is 9.84 Å². The molecule has 3 atom stereocenters. The van der Waals surface area contributed by atoms with Gasteiger partial charge in [0.05, 0.1) is 0 Å². The SMILES string of the molecule is CCCC(Cc1nc(C2CC2C)no1)NCC. The third-order valence-electron chi connectivity index (χ3n) is 3.48. The standard InChI is InChI=1S/C13H23N3O/c1-4-6-10(14-5-2)8-12-15-13(16-17-12)11-7-9(11)3/h9-11,14H,4-8H2,1-3H3. The van der Waals surface area contributed by atoms with Crippen molar-refractivity contribution in [3.05, 3.63) is 11.7 Å². The molecule has 1 aromatic rings. The van der Waals surface area contributed by atoms with Crippen LogP contribution in [-0.2, 0) is 6.42 Å². The van der Waals surface area contributed by atoms with E-state index in [4.69, 9.17) is 4.52 Å². The molecule has 1 saturated carbocycles. The molecule has 96 valence electrons. The highest BCUT2D eigenvalue weighted by molar-refractivity contribution is 5.07. The molecule has 17 heavy (non-hydrogen) atoms. The van der Waals surface area contributed by atoms with E-state index in [1.165, 1.54) is 12.8 Å². The van der Waals surface area contributed by atoms with Crippen molar-refractivity contribution in [2.45, 2.75) is 58.4 Å². The number of hydrogen-bond acceptors (Lipinski definition) is 4. The molecular formula is C13H23N3O. The van der Waals surface area contributed by atoms with E-state index in [1.54, 1.807) is 0 Å². The fraction of sp³-hybridized carbons (Fsp3) is 0.846. The van der Waals surface area contributed by atoms with Crippen LogP contribution in [0.25, 0.3) is 0 Å². The molecule has 1 fully saturated rings. The maximum atomic E-state index is 5.34. The summed E-state index contributed by atoms with van der Waals surface area (Å²) in [6.07, 6.45) is 4.41. The largest absolute Gasteiger partial charge is 0.339 e. The molecule has 1 heterocycles. The van der Waals surface area contributed by atoms with Crippen LogP contribution in [0.3, 0.4) is 0 Å². The minimum absolute atomic E-state index is 0.468. The molecule has 0 aliphatic heterocycles. The van der Waals surface area contributed by atoms with Crippen LogP contribution in [0.5, 0.6) is 0 Å². The second-order valence-electron chi connectivity index (χ2n) is 5.11. The first-order valence-corrected chi connectivity index (χ1v) is 6.80. The summed E-state index contributed by atoms with van der Waals surface area (Å²) in [5, 5.41) is 7.56. The van der Waals surface area contributed by atoms with Gasteiger partial charge >= 0.3 is 0 Å². The Bertz CT molecular complexity index is 344. The lowest BCUT2D eigenvalue weighted by molar-refractivity contribution is 0.348. The average molecular weight is 237 g/mol. The minimum atomic E-state index is 0.468. The van der Waals surface area contributed by atoms with Crippen molar-refractivity contribution in [1.82, 2.24) is 15.5 Å². The molecule has 0 radical (unpaired) electrons. The van der Waals surface area contributed by atoms with Crippen LogP contribution in [0.2, 0.25) is 0 Å². The molecule has 0 saturated heterocycles. The third kappa shape index (κ3) is 3.28. The number of likely N-dealkylation sites (N-methyl/N-ethyl adjacent to an activating group) is 1. The van der Waals surface area contributed by atoms with Crippen molar-refractivity contribution in [2.24, 2.45) is 5.92 Å². The van der Waals surface area contributed by atoms with Gasteiger partial charge in [0.2, 0.25) is 5.89 Å². The molecular weight excluding hydrogens is 214 g/mol. The molecule has 2 rings (SSSR count). The smallest absolute Gasteiger partial charge is 0.228 e.